The van der Waals surface area contributed by atoms with Gasteiger partial charge in [0.05, 0.1) is 25.2 Å². The molecule has 1 aromatic carbocycles. The molecular weight excluding hydrogens is 798 g/mol. The molecule has 20 heteroatoms. The predicted octanol–water partition coefficient (Wildman–Crippen LogP) is 6.07. The summed E-state index contributed by atoms with van der Waals surface area (Å²) in [6.07, 6.45) is 0.717. The largest absolute Gasteiger partial charge is 0.494 e. The van der Waals surface area contributed by atoms with Crippen molar-refractivity contribution in [3.63, 3.8) is 0 Å². The van der Waals surface area contributed by atoms with Crippen molar-refractivity contribution in [3.8, 4) is 11.6 Å². The number of pyridine rings is 1. The summed E-state index contributed by atoms with van der Waals surface area (Å²) in [5, 5.41) is 1.19. The van der Waals surface area contributed by atoms with Gasteiger partial charge in [0.1, 0.15) is 29.3 Å². The molecule has 326 valence electrons. The molecule has 3 fully saturated rings. The van der Waals surface area contributed by atoms with Crippen molar-refractivity contribution in [3.05, 3.63) is 42.4 Å². The van der Waals surface area contributed by atoms with Gasteiger partial charge in [0.15, 0.2) is 0 Å². The Kier molecular flexibility index (Phi) is 12.6. The van der Waals surface area contributed by atoms with E-state index in [1.807, 2.05) is 17.7 Å². The SMILES string of the molecule is CC(C)(OC(N)=O)C(F)(F)F.COc1cnc(O[C@@H]2C[C@H]3C(=O)N[C@]4(C(=O)NS(=O)(=O)C5(F)CC5)C[C@H]4/C=C\CC[C@@H](C)C[C@@H](C)CC(=O)N3C2)c2cc(F)ccc12.[HH].[HH].[HH]. The Morgan fingerprint density at radius 3 is 2.40 bits per heavy atom. The van der Waals surface area contributed by atoms with Gasteiger partial charge in [0, 0.05) is 41.3 Å². The van der Waals surface area contributed by atoms with Gasteiger partial charge in [-0.25, -0.2) is 31.7 Å². The first-order valence-electron chi connectivity index (χ1n) is 18.8. The molecule has 3 heterocycles. The number of ether oxygens (including phenoxy) is 3. The molecule has 2 aliphatic heterocycles. The Bertz CT molecular complexity index is 2080. The molecule has 1 saturated heterocycles. The van der Waals surface area contributed by atoms with Crippen LogP contribution in [0.15, 0.2) is 36.5 Å². The van der Waals surface area contributed by atoms with Crippen LogP contribution in [0.2, 0.25) is 0 Å². The molecular formula is C38H54F5N5O9S. The minimum absolute atomic E-state index is 0. The van der Waals surface area contributed by atoms with E-state index in [1.165, 1.54) is 30.3 Å². The van der Waals surface area contributed by atoms with Crippen molar-refractivity contribution < 1.29 is 68.0 Å². The Morgan fingerprint density at radius 1 is 1.10 bits per heavy atom. The van der Waals surface area contributed by atoms with Gasteiger partial charge < -0.3 is 30.2 Å². The molecule has 2 aliphatic carbocycles. The number of methoxy groups -OCH3 is 1. The third kappa shape index (κ3) is 9.74. The van der Waals surface area contributed by atoms with Crippen LogP contribution in [0.4, 0.5) is 26.7 Å². The number of benzene rings is 1. The summed E-state index contributed by atoms with van der Waals surface area (Å²) in [7, 11) is -3.14. The normalized spacial score (nSPS) is 27.9. The number of sulfonamides is 1. The van der Waals surface area contributed by atoms with Gasteiger partial charge in [-0.2, -0.15) is 13.2 Å². The fraction of sp³-hybridized carbons (Fsp3) is 0.605. The highest BCUT2D eigenvalue weighted by Gasteiger charge is 2.64. The number of allylic oxidation sites excluding steroid dienone is 1. The summed E-state index contributed by atoms with van der Waals surface area (Å²) in [6, 6.07) is 3.07. The van der Waals surface area contributed by atoms with Crippen LogP contribution in [0.1, 0.15) is 83.3 Å². The number of nitrogens with two attached hydrogens (primary N) is 1. The Morgan fingerprint density at radius 2 is 1.79 bits per heavy atom. The first kappa shape index (κ1) is 44.4. The minimum atomic E-state index is -4.61. The van der Waals surface area contributed by atoms with Crippen LogP contribution in [-0.2, 0) is 29.1 Å². The van der Waals surface area contributed by atoms with Crippen molar-refractivity contribution >= 4 is 44.6 Å². The average Bonchev–Trinajstić information content (AvgIpc) is 3.99. The van der Waals surface area contributed by atoms with Gasteiger partial charge in [-0.3, -0.25) is 14.4 Å². The number of fused-ring (bicyclic) bond motifs is 3. The molecule has 0 unspecified atom stereocenters. The van der Waals surface area contributed by atoms with Crippen molar-refractivity contribution in [1.29, 1.82) is 0 Å². The number of alkyl halides is 4. The number of carbonyl (C=O) groups excluding carboxylic acids is 4. The maximum Gasteiger partial charge on any atom is 0.427 e. The lowest BCUT2D eigenvalue weighted by atomic mass is 9.91. The number of nitrogens with one attached hydrogen (secondary N) is 2. The second-order valence-corrected chi connectivity index (χ2v) is 18.0. The molecule has 0 spiro atoms. The highest BCUT2D eigenvalue weighted by Crippen LogP contribution is 2.48. The van der Waals surface area contributed by atoms with E-state index in [0.717, 1.165) is 26.7 Å². The van der Waals surface area contributed by atoms with E-state index in [4.69, 9.17) is 9.47 Å². The molecule has 2 aromatic rings. The zero-order chi connectivity index (χ0) is 43.0. The van der Waals surface area contributed by atoms with E-state index in [9.17, 15) is 49.5 Å². The van der Waals surface area contributed by atoms with E-state index < -0.39 is 74.1 Å². The maximum atomic E-state index is 14.6. The van der Waals surface area contributed by atoms with Gasteiger partial charge in [-0.05, 0) is 69.6 Å². The summed E-state index contributed by atoms with van der Waals surface area (Å²) in [4.78, 5) is 57.0. The van der Waals surface area contributed by atoms with Crippen LogP contribution in [0.25, 0.3) is 10.8 Å². The summed E-state index contributed by atoms with van der Waals surface area (Å²) in [6.45, 7) is 5.58. The number of carbonyl (C=O) groups is 4. The topological polar surface area (TPSA) is 196 Å². The average molecular weight is 852 g/mol. The van der Waals surface area contributed by atoms with Gasteiger partial charge in [0.25, 0.3) is 15.9 Å². The second-order valence-electron chi connectivity index (χ2n) is 16.0. The lowest BCUT2D eigenvalue weighted by molar-refractivity contribution is -0.243. The Hall–Kier alpha value is -4.75. The molecule has 4 N–H and O–H groups in total. The van der Waals surface area contributed by atoms with Gasteiger partial charge in [-0.15, -0.1) is 0 Å². The predicted molar refractivity (Wildman–Crippen MR) is 205 cm³/mol. The molecule has 6 atom stereocenters. The zero-order valence-electron chi connectivity index (χ0n) is 32.7. The van der Waals surface area contributed by atoms with Crippen molar-refractivity contribution in [1.82, 2.24) is 19.9 Å². The highest BCUT2D eigenvalue weighted by molar-refractivity contribution is 7.91. The number of rotatable bonds is 7. The first-order chi connectivity index (χ1) is 26.9. The second kappa shape index (κ2) is 16.5. The van der Waals surface area contributed by atoms with E-state index in [0.29, 0.717) is 28.9 Å². The lowest BCUT2D eigenvalue weighted by Crippen LogP contribution is -2.57. The lowest BCUT2D eigenvalue weighted by Gasteiger charge is -2.27. The number of primary amides is 1. The molecule has 2 saturated carbocycles. The summed E-state index contributed by atoms with van der Waals surface area (Å²) in [5.74, 6) is -2.06. The number of amides is 4. The van der Waals surface area contributed by atoms with Gasteiger partial charge >= 0.3 is 12.3 Å². The molecule has 4 amide bonds. The number of hydrogen-bond acceptors (Lipinski definition) is 10. The number of hydrogen-bond donors (Lipinski definition) is 3. The fourth-order valence-corrected chi connectivity index (χ4v) is 8.45. The first-order valence-corrected chi connectivity index (χ1v) is 20.3. The zero-order valence-corrected chi connectivity index (χ0v) is 33.5. The molecule has 6 rings (SSSR count). The standard InChI is InChI=1S/C33H40F2N4O7S.C5H8F3NO2.3H2/c1-19-6-4-5-7-21-16-33(21,31(42)38-47(43,44)32(35)10-11-32)37-29(41)26-15-23(18-39(26)28(40)13-20(2)12-19)46-30-25-14-22(34)8-9-24(25)27(45-3)17-36-30;1-4(2,5(6,7)8)11-3(9)10;;;/h5,7-9,14,17,19-21,23,26H,4,6,10-13,15-16,18H2,1-3H3,(H,37,41)(H,38,42);1-2H3,(H2,9,10);3*1H/b7-5-;;;;/t19-,20-,21-,23-,26+,33-;;;;/m1..../s1. The number of halogens is 5. The van der Waals surface area contributed by atoms with E-state index in [-0.39, 0.29) is 60.6 Å². The highest BCUT2D eigenvalue weighted by atomic mass is 32.2. The van der Waals surface area contributed by atoms with E-state index >= 15 is 0 Å². The quantitative estimate of drug-likeness (QED) is 0.217. The van der Waals surface area contributed by atoms with Crippen LogP contribution < -0.4 is 25.2 Å². The number of aromatic nitrogens is 1. The Balaban J connectivity index is 0.000000809. The van der Waals surface area contributed by atoms with Gasteiger partial charge in [-0.1, -0.05) is 26.0 Å². The third-order valence-corrected chi connectivity index (χ3v) is 12.7. The number of nitrogens with zero attached hydrogens (tertiary/aromatic N) is 2. The monoisotopic (exact) mass is 851 g/mol. The fourth-order valence-electron chi connectivity index (χ4n) is 7.20. The van der Waals surface area contributed by atoms with E-state index in [2.05, 4.69) is 27.7 Å². The van der Waals surface area contributed by atoms with Crippen LogP contribution >= 0.6 is 0 Å². The molecule has 0 radical (unpaired) electrons. The van der Waals surface area contributed by atoms with Crippen LogP contribution in [-0.4, -0.2) is 90.2 Å². The molecule has 1 aromatic heterocycles. The molecule has 0 bridgehead atoms. The Labute approximate surface area is 336 Å². The van der Waals surface area contributed by atoms with Crippen molar-refractivity contribution in [2.24, 2.45) is 23.5 Å². The van der Waals surface area contributed by atoms with Gasteiger partial charge in [0.2, 0.25) is 28.3 Å². The maximum absolute atomic E-state index is 14.6. The van der Waals surface area contributed by atoms with Crippen LogP contribution in [0.5, 0.6) is 11.6 Å². The van der Waals surface area contributed by atoms with E-state index in [1.54, 1.807) is 12.1 Å². The van der Waals surface area contributed by atoms with Crippen LogP contribution in [0.3, 0.4) is 0 Å². The molecule has 58 heavy (non-hydrogen) atoms. The molecule has 4 aliphatic rings. The summed E-state index contributed by atoms with van der Waals surface area (Å²) < 4.78 is 107. The smallest absolute Gasteiger partial charge is 0.427 e. The van der Waals surface area contributed by atoms with Crippen molar-refractivity contribution in [2.45, 2.75) is 114 Å². The third-order valence-electron chi connectivity index (χ3n) is 10.8. The minimum Gasteiger partial charge on any atom is -0.494 e. The summed E-state index contributed by atoms with van der Waals surface area (Å²) in [5.41, 5.74) is 0.278. The molecule has 14 nitrogen and oxygen atoms in total. The summed E-state index contributed by atoms with van der Waals surface area (Å²) >= 11 is 0. The van der Waals surface area contributed by atoms with Crippen LogP contribution in [0, 0.1) is 23.6 Å². The van der Waals surface area contributed by atoms with Crippen molar-refractivity contribution in [2.75, 3.05) is 13.7 Å².